The van der Waals surface area contributed by atoms with Crippen molar-refractivity contribution in [2.45, 2.75) is 26.4 Å². The van der Waals surface area contributed by atoms with Gasteiger partial charge in [0, 0.05) is 10.9 Å². The van der Waals surface area contributed by atoms with E-state index in [0.717, 1.165) is 17.7 Å². The smallest absolute Gasteiger partial charge is 0.349 e. The van der Waals surface area contributed by atoms with Crippen LogP contribution in [-0.4, -0.2) is 16.2 Å². The minimum atomic E-state index is -0.963. The van der Waals surface area contributed by atoms with Crippen molar-refractivity contribution in [3.63, 3.8) is 0 Å². The molecular weight excluding hydrogens is 254 g/mol. The lowest BCUT2D eigenvalue weighted by molar-refractivity contribution is 0.0697. The first kappa shape index (κ1) is 12.6. The van der Waals surface area contributed by atoms with Gasteiger partial charge in [-0.25, -0.2) is 4.79 Å². The van der Waals surface area contributed by atoms with Crippen molar-refractivity contribution in [2.75, 3.05) is 0 Å². The van der Waals surface area contributed by atoms with Crippen molar-refractivity contribution in [2.24, 2.45) is 0 Å². The van der Waals surface area contributed by atoms with Gasteiger partial charge in [-0.05, 0) is 12.5 Å². The molecule has 0 aliphatic carbocycles. The highest BCUT2D eigenvalue weighted by Crippen LogP contribution is 2.30. The summed E-state index contributed by atoms with van der Waals surface area (Å²) in [5.41, 5.74) is 0. The molecule has 2 aromatic rings. The predicted molar refractivity (Wildman–Crippen MR) is 66.1 cm³/mol. The van der Waals surface area contributed by atoms with Crippen LogP contribution in [0.15, 0.2) is 22.9 Å². The van der Waals surface area contributed by atoms with E-state index in [1.165, 1.54) is 17.5 Å². The molecule has 0 atom stereocenters. The Bertz CT molecular complexity index is 518. The molecule has 0 aliphatic rings. The number of hydrogen-bond donors (Lipinski definition) is 1. The van der Waals surface area contributed by atoms with Crippen LogP contribution >= 0.6 is 11.3 Å². The number of hydrogen-bond acceptors (Lipinski definition) is 5. The molecule has 0 fully saturated rings. The Balaban J connectivity index is 2.12. The van der Waals surface area contributed by atoms with E-state index in [1.54, 1.807) is 12.1 Å². The molecule has 0 amide bonds. The van der Waals surface area contributed by atoms with Gasteiger partial charge in [-0.1, -0.05) is 18.5 Å². The molecule has 18 heavy (non-hydrogen) atoms. The lowest BCUT2D eigenvalue weighted by atomic mass is 10.3. The third-order valence-corrected chi connectivity index (χ3v) is 3.46. The largest absolute Gasteiger partial charge is 0.484 e. The zero-order chi connectivity index (χ0) is 13.0. The minimum absolute atomic E-state index is 0.183. The molecule has 0 saturated carbocycles. The second kappa shape index (κ2) is 5.68. The van der Waals surface area contributed by atoms with Crippen LogP contribution < -0.4 is 4.74 Å². The fraction of sp³-hybridized carbons (Fsp3) is 0.333. The number of aromatic carboxylic acids is 1. The molecule has 0 saturated heterocycles. The summed E-state index contributed by atoms with van der Waals surface area (Å²) in [4.78, 5) is 12.3. The van der Waals surface area contributed by atoms with Crippen LogP contribution in [0, 0.1) is 0 Å². The van der Waals surface area contributed by atoms with Gasteiger partial charge < -0.3 is 14.4 Å². The van der Waals surface area contributed by atoms with E-state index >= 15 is 0 Å². The third-order valence-electron chi connectivity index (χ3n) is 2.30. The van der Waals surface area contributed by atoms with Crippen molar-refractivity contribution in [1.82, 2.24) is 5.16 Å². The third kappa shape index (κ3) is 2.89. The summed E-state index contributed by atoms with van der Waals surface area (Å²) in [6, 6.07) is 3.47. The zero-order valence-electron chi connectivity index (χ0n) is 9.88. The average Bonchev–Trinajstić information content (AvgIpc) is 2.95. The Labute approximate surface area is 108 Å². The van der Waals surface area contributed by atoms with Gasteiger partial charge in [-0.15, -0.1) is 11.3 Å². The van der Waals surface area contributed by atoms with Crippen molar-refractivity contribution in [3.05, 3.63) is 33.8 Å². The molecule has 2 aromatic heterocycles. The Morgan fingerprint density at radius 1 is 1.61 bits per heavy atom. The summed E-state index contributed by atoms with van der Waals surface area (Å²) in [7, 11) is 0. The van der Waals surface area contributed by atoms with E-state index in [4.69, 9.17) is 14.4 Å². The molecule has 96 valence electrons. The SMILES string of the molecule is CCCc1cc(OCc2ccno2)c(C(=O)O)s1. The summed E-state index contributed by atoms with van der Waals surface area (Å²) in [6.07, 6.45) is 3.35. The number of rotatable bonds is 6. The number of thiophene rings is 1. The molecule has 0 unspecified atom stereocenters. The Kier molecular flexibility index (Phi) is 3.99. The van der Waals surface area contributed by atoms with E-state index in [0.29, 0.717) is 11.5 Å². The van der Waals surface area contributed by atoms with Gasteiger partial charge in [0.25, 0.3) is 0 Å². The minimum Gasteiger partial charge on any atom is -0.484 e. The Morgan fingerprint density at radius 2 is 2.44 bits per heavy atom. The second-order valence-corrected chi connectivity index (χ2v) is 4.87. The molecule has 0 aromatic carbocycles. The fourth-order valence-electron chi connectivity index (χ4n) is 1.51. The highest BCUT2D eigenvalue weighted by atomic mass is 32.1. The highest BCUT2D eigenvalue weighted by Gasteiger charge is 2.17. The summed E-state index contributed by atoms with van der Waals surface area (Å²) in [6.45, 7) is 2.23. The quantitative estimate of drug-likeness (QED) is 0.871. The van der Waals surface area contributed by atoms with Crippen molar-refractivity contribution in [3.8, 4) is 5.75 Å². The predicted octanol–water partition coefficient (Wildman–Crippen LogP) is 2.97. The van der Waals surface area contributed by atoms with E-state index < -0.39 is 5.97 Å². The maximum atomic E-state index is 11.1. The second-order valence-electron chi connectivity index (χ2n) is 3.73. The molecule has 0 aliphatic heterocycles. The van der Waals surface area contributed by atoms with Gasteiger partial charge in [0.2, 0.25) is 0 Å². The molecule has 0 spiro atoms. The van der Waals surface area contributed by atoms with Gasteiger partial charge in [-0.2, -0.15) is 0 Å². The summed E-state index contributed by atoms with van der Waals surface area (Å²) >= 11 is 1.26. The van der Waals surface area contributed by atoms with Crippen LogP contribution in [-0.2, 0) is 13.0 Å². The van der Waals surface area contributed by atoms with Gasteiger partial charge >= 0.3 is 5.97 Å². The lowest BCUT2D eigenvalue weighted by Crippen LogP contribution is -1.99. The first-order valence-electron chi connectivity index (χ1n) is 5.59. The molecule has 2 heterocycles. The summed E-state index contributed by atoms with van der Waals surface area (Å²) in [5, 5.41) is 12.7. The number of carboxylic acid groups (broad SMARTS) is 1. The van der Waals surface area contributed by atoms with Crippen LogP contribution in [0.25, 0.3) is 0 Å². The van der Waals surface area contributed by atoms with E-state index in [2.05, 4.69) is 12.1 Å². The maximum absolute atomic E-state index is 11.1. The van der Waals surface area contributed by atoms with Crippen molar-refractivity contribution >= 4 is 17.3 Å². The van der Waals surface area contributed by atoms with E-state index in [9.17, 15) is 4.79 Å². The van der Waals surface area contributed by atoms with Crippen LogP contribution in [0.4, 0.5) is 0 Å². The summed E-state index contributed by atoms with van der Waals surface area (Å²) < 4.78 is 10.4. The molecule has 2 rings (SSSR count). The standard InChI is InChI=1S/C12H13NO4S/c1-2-3-9-6-10(11(18-9)12(14)15)16-7-8-4-5-13-17-8/h4-6H,2-3,7H2,1H3,(H,14,15). The van der Waals surface area contributed by atoms with Crippen molar-refractivity contribution < 1.29 is 19.2 Å². The van der Waals surface area contributed by atoms with E-state index in [1.807, 2.05) is 0 Å². The van der Waals surface area contributed by atoms with Gasteiger partial charge in [0.05, 0.1) is 6.20 Å². The van der Waals surface area contributed by atoms with Crippen molar-refractivity contribution in [1.29, 1.82) is 0 Å². The van der Waals surface area contributed by atoms with Gasteiger partial charge in [0.1, 0.15) is 12.4 Å². The van der Waals surface area contributed by atoms with Gasteiger partial charge in [0.15, 0.2) is 10.6 Å². The average molecular weight is 267 g/mol. The molecule has 1 N–H and O–H groups in total. The number of carbonyl (C=O) groups is 1. The zero-order valence-corrected chi connectivity index (χ0v) is 10.7. The highest BCUT2D eigenvalue weighted by molar-refractivity contribution is 7.14. The summed E-state index contributed by atoms with van der Waals surface area (Å²) in [5.74, 6) is -0.00291. The molecular formula is C12H13NO4S. The molecule has 0 bridgehead atoms. The number of aromatic nitrogens is 1. The Hall–Kier alpha value is -1.82. The first-order chi connectivity index (χ1) is 8.70. The monoisotopic (exact) mass is 267 g/mol. The lowest BCUT2D eigenvalue weighted by Gasteiger charge is -2.01. The number of ether oxygens (including phenoxy) is 1. The van der Waals surface area contributed by atoms with Crippen LogP contribution in [0.5, 0.6) is 5.75 Å². The molecule has 6 heteroatoms. The normalized spacial score (nSPS) is 10.5. The molecule has 0 radical (unpaired) electrons. The first-order valence-corrected chi connectivity index (χ1v) is 6.40. The number of aryl methyl sites for hydroxylation is 1. The maximum Gasteiger partial charge on any atom is 0.349 e. The Morgan fingerprint density at radius 3 is 3.06 bits per heavy atom. The molecule has 5 nitrogen and oxygen atoms in total. The van der Waals surface area contributed by atoms with Crippen LogP contribution in [0.1, 0.15) is 33.7 Å². The van der Waals surface area contributed by atoms with Gasteiger partial charge in [-0.3, -0.25) is 0 Å². The van der Waals surface area contributed by atoms with E-state index in [-0.39, 0.29) is 11.5 Å². The fourth-order valence-corrected chi connectivity index (χ4v) is 2.55. The number of carboxylic acids is 1. The van der Waals surface area contributed by atoms with Crippen LogP contribution in [0.3, 0.4) is 0 Å². The number of nitrogens with zero attached hydrogens (tertiary/aromatic N) is 1. The van der Waals surface area contributed by atoms with Crippen LogP contribution in [0.2, 0.25) is 0 Å². The topological polar surface area (TPSA) is 72.6 Å².